The lowest BCUT2D eigenvalue weighted by Gasteiger charge is -2.12. The minimum atomic E-state index is -1.09. The van der Waals surface area contributed by atoms with E-state index < -0.39 is 29.6 Å². The third-order valence-corrected chi connectivity index (χ3v) is 3.34. The van der Waals surface area contributed by atoms with Crippen LogP contribution in [0.2, 0.25) is 0 Å². The van der Waals surface area contributed by atoms with E-state index in [9.17, 15) is 18.4 Å². The number of ether oxygens (including phenoxy) is 2. The number of carbonyl (C=O) groups is 2. The molecular formula is C19H17F2NO4. The molecule has 2 rings (SSSR count). The van der Waals surface area contributed by atoms with Crippen molar-refractivity contribution in [2.24, 2.45) is 0 Å². The maximum Gasteiger partial charge on any atom is 0.331 e. The molecule has 0 heterocycles. The van der Waals surface area contributed by atoms with Gasteiger partial charge in [-0.15, -0.1) is 0 Å². The number of carbonyl (C=O) groups excluding carboxylic acids is 2. The zero-order valence-corrected chi connectivity index (χ0v) is 14.2. The van der Waals surface area contributed by atoms with Gasteiger partial charge in [0, 0.05) is 11.8 Å². The van der Waals surface area contributed by atoms with Gasteiger partial charge in [-0.3, -0.25) is 4.79 Å². The predicted octanol–water partition coefficient (Wildman–Crippen LogP) is 3.56. The van der Waals surface area contributed by atoms with E-state index in [4.69, 9.17) is 9.47 Å². The highest BCUT2D eigenvalue weighted by atomic mass is 19.1. The van der Waals surface area contributed by atoms with Crippen molar-refractivity contribution in [3.8, 4) is 5.75 Å². The third kappa shape index (κ3) is 5.41. The van der Waals surface area contributed by atoms with Crippen LogP contribution >= 0.6 is 0 Å². The van der Waals surface area contributed by atoms with Crippen molar-refractivity contribution in [1.82, 2.24) is 0 Å². The van der Waals surface area contributed by atoms with Crippen LogP contribution in [0.1, 0.15) is 12.5 Å². The maximum atomic E-state index is 13.6. The summed E-state index contributed by atoms with van der Waals surface area (Å²) in [5.74, 6) is -2.35. The van der Waals surface area contributed by atoms with E-state index in [0.29, 0.717) is 5.56 Å². The number of hydrogen-bond acceptors (Lipinski definition) is 4. The maximum absolute atomic E-state index is 13.6. The number of benzene rings is 2. The van der Waals surface area contributed by atoms with Crippen molar-refractivity contribution < 1.29 is 27.8 Å². The van der Waals surface area contributed by atoms with Crippen LogP contribution in [0.25, 0.3) is 6.08 Å². The summed E-state index contributed by atoms with van der Waals surface area (Å²) in [5.41, 5.74) is 0.680. The minimum absolute atomic E-state index is 0.0902. The Labute approximate surface area is 149 Å². The second-order valence-electron chi connectivity index (χ2n) is 5.31. The highest BCUT2D eigenvalue weighted by Gasteiger charge is 2.16. The number of amides is 1. The average molecular weight is 361 g/mol. The van der Waals surface area contributed by atoms with Crippen LogP contribution in [0.4, 0.5) is 14.5 Å². The molecule has 0 aliphatic carbocycles. The summed E-state index contributed by atoms with van der Waals surface area (Å²) >= 11 is 0. The van der Waals surface area contributed by atoms with E-state index >= 15 is 0 Å². The van der Waals surface area contributed by atoms with Gasteiger partial charge in [-0.2, -0.15) is 0 Å². The Kier molecular flexibility index (Phi) is 6.43. The van der Waals surface area contributed by atoms with Gasteiger partial charge in [0.2, 0.25) is 0 Å². The van der Waals surface area contributed by atoms with Crippen LogP contribution in [0.15, 0.2) is 48.5 Å². The van der Waals surface area contributed by atoms with E-state index in [-0.39, 0.29) is 11.4 Å². The van der Waals surface area contributed by atoms with Crippen molar-refractivity contribution >= 4 is 23.6 Å². The third-order valence-electron chi connectivity index (χ3n) is 3.34. The van der Waals surface area contributed by atoms with E-state index in [0.717, 1.165) is 12.1 Å². The van der Waals surface area contributed by atoms with Gasteiger partial charge in [0.15, 0.2) is 17.7 Å². The van der Waals surface area contributed by atoms with Crippen LogP contribution in [0.3, 0.4) is 0 Å². The first-order chi connectivity index (χ1) is 12.4. The summed E-state index contributed by atoms with van der Waals surface area (Å²) < 4.78 is 36.4. The summed E-state index contributed by atoms with van der Waals surface area (Å²) in [5, 5.41) is 2.44. The van der Waals surface area contributed by atoms with Gasteiger partial charge in [0.25, 0.3) is 5.91 Å². The average Bonchev–Trinajstić information content (AvgIpc) is 2.60. The number of halogens is 2. The molecule has 1 N–H and O–H groups in total. The molecule has 0 fully saturated rings. The van der Waals surface area contributed by atoms with Crippen LogP contribution in [0.5, 0.6) is 5.75 Å². The number of methoxy groups -OCH3 is 1. The molecule has 2 aromatic carbocycles. The lowest BCUT2D eigenvalue weighted by atomic mass is 10.2. The molecule has 0 saturated carbocycles. The van der Waals surface area contributed by atoms with Gasteiger partial charge in [-0.1, -0.05) is 12.1 Å². The fourth-order valence-corrected chi connectivity index (χ4v) is 2.03. The second-order valence-corrected chi connectivity index (χ2v) is 5.31. The smallest absolute Gasteiger partial charge is 0.331 e. The fourth-order valence-electron chi connectivity index (χ4n) is 2.03. The first-order valence-corrected chi connectivity index (χ1v) is 7.67. The molecule has 5 nitrogen and oxygen atoms in total. The Hall–Kier alpha value is -3.22. The van der Waals surface area contributed by atoms with Gasteiger partial charge in [0.05, 0.1) is 7.11 Å². The summed E-state index contributed by atoms with van der Waals surface area (Å²) in [4.78, 5) is 23.7. The second kappa shape index (κ2) is 8.75. The monoisotopic (exact) mass is 361 g/mol. The molecule has 2 aromatic rings. The number of hydrogen-bond donors (Lipinski definition) is 1. The first kappa shape index (κ1) is 19.1. The number of rotatable bonds is 6. The first-order valence-electron chi connectivity index (χ1n) is 7.67. The molecular weight excluding hydrogens is 344 g/mol. The standard InChI is InChI=1S/C19H17F2NO4/c1-12(19(24)22-15-5-3-4-14(20)11-15)26-18(23)9-7-13-6-8-17(25-2)16(21)10-13/h3-12H,1-2H3,(H,22,24)/b9-7+/t12-/m1/s1. The summed E-state index contributed by atoms with van der Waals surface area (Å²) in [6, 6.07) is 9.52. The molecule has 1 amide bonds. The number of esters is 1. The largest absolute Gasteiger partial charge is 0.494 e. The zero-order chi connectivity index (χ0) is 19.1. The van der Waals surface area contributed by atoms with Crippen LogP contribution in [-0.2, 0) is 14.3 Å². The molecule has 0 bridgehead atoms. The highest BCUT2D eigenvalue weighted by molar-refractivity contribution is 5.96. The molecule has 136 valence electrons. The van der Waals surface area contributed by atoms with Crippen molar-refractivity contribution in [3.05, 3.63) is 65.7 Å². The Balaban J connectivity index is 1.91. The quantitative estimate of drug-likeness (QED) is 0.631. The van der Waals surface area contributed by atoms with Crippen LogP contribution in [0, 0.1) is 11.6 Å². The number of anilines is 1. The Morgan fingerprint density at radius 1 is 1.15 bits per heavy atom. The minimum Gasteiger partial charge on any atom is -0.494 e. The molecule has 0 aliphatic rings. The fraction of sp³-hybridized carbons (Fsp3) is 0.158. The van der Waals surface area contributed by atoms with E-state index in [2.05, 4.69) is 5.32 Å². The van der Waals surface area contributed by atoms with Crippen molar-refractivity contribution in [2.45, 2.75) is 13.0 Å². The molecule has 0 saturated heterocycles. The summed E-state index contributed by atoms with van der Waals surface area (Å²) in [6.07, 6.45) is 1.33. The predicted molar refractivity (Wildman–Crippen MR) is 92.6 cm³/mol. The Morgan fingerprint density at radius 2 is 1.92 bits per heavy atom. The number of nitrogens with one attached hydrogen (secondary N) is 1. The molecule has 0 aliphatic heterocycles. The Bertz CT molecular complexity index is 836. The summed E-state index contributed by atoms with van der Waals surface area (Å²) in [7, 11) is 1.35. The van der Waals surface area contributed by atoms with Gasteiger partial charge in [0.1, 0.15) is 5.82 Å². The van der Waals surface area contributed by atoms with Crippen molar-refractivity contribution in [2.75, 3.05) is 12.4 Å². The van der Waals surface area contributed by atoms with E-state index in [1.807, 2.05) is 0 Å². The normalized spacial score (nSPS) is 11.8. The SMILES string of the molecule is COc1ccc(/C=C/C(=O)O[C@H](C)C(=O)Nc2cccc(F)c2)cc1F. The van der Waals surface area contributed by atoms with E-state index in [1.165, 1.54) is 50.4 Å². The molecule has 0 radical (unpaired) electrons. The molecule has 0 aromatic heterocycles. The molecule has 1 atom stereocenters. The highest BCUT2D eigenvalue weighted by Crippen LogP contribution is 2.18. The molecule has 26 heavy (non-hydrogen) atoms. The van der Waals surface area contributed by atoms with E-state index in [1.54, 1.807) is 6.07 Å². The summed E-state index contributed by atoms with van der Waals surface area (Å²) in [6.45, 7) is 1.38. The van der Waals surface area contributed by atoms with Crippen LogP contribution < -0.4 is 10.1 Å². The molecule has 0 unspecified atom stereocenters. The zero-order valence-electron chi connectivity index (χ0n) is 14.2. The topological polar surface area (TPSA) is 64.6 Å². The molecule has 0 spiro atoms. The Morgan fingerprint density at radius 3 is 2.58 bits per heavy atom. The lowest BCUT2D eigenvalue weighted by Crippen LogP contribution is -2.29. The van der Waals surface area contributed by atoms with Gasteiger partial charge in [-0.05, 0) is 48.9 Å². The van der Waals surface area contributed by atoms with Gasteiger partial charge < -0.3 is 14.8 Å². The van der Waals surface area contributed by atoms with Crippen molar-refractivity contribution in [1.29, 1.82) is 0 Å². The lowest BCUT2D eigenvalue weighted by molar-refractivity contribution is -0.148. The van der Waals surface area contributed by atoms with Crippen molar-refractivity contribution in [3.63, 3.8) is 0 Å². The van der Waals surface area contributed by atoms with Crippen LogP contribution in [-0.4, -0.2) is 25.1 Å². The van der Waals surface area contributed by atoms with Gasteiger partial charge >= 0.3 is 5.97 Å². The molecule has 7 heteroatoms. The van der Waals surface area contributed by atoms with Gasteiger partial charge in [-0.25, -0.2) is 13.6 Å².